The zero-order valence-electron chi connectivity index (χ0n) is 23.4. The second-order valence-corrected chi connectivity index (χ2v) is 11.9. The van der Waals surface area contributed by atoms with Gasteiger partial charge in [0.15, 0.2) is 15.1 Å². The monoisotopic (exact) mass is 600 g/mol. The van der Waals surface area contributed by atoms with E-state index in [-0.39, 0.29) is 18.3 Å². The first-order chi connectivity index (χ1) is 20.3. The maximum Gasteiger partial charge on any atom is 0.338 e. The lowest BCUT2D eigenvalue weighted by atomic mass is 9.96. The Hall–Kier alpha value is -4.35. The van der Waals surface area contributed by atoms with Crippen molar-refractivity contribution in [2.24, 2.45) is 4.99 Å². The molecule has 3 aromatic heterocycles. The first-order valence-corrected chi connectivity index (χ1v) is 15.1. The smallest absolute Gasteiger partial charge is 0.338 e. The minimum Gasteiger partial charge on any atom is -0.491 e. The lowest BCUT2D eigenvalue weighted by Crippen LogP contribution is -2.39. The van der Waals surface area contributed by atoms with Gasteiger partial charge in [0.2, 0.25) is 0 Å². The summed E-state index contributed by atoms with van der Waals surface area (Å²) >= 11 is 2.61. The molecule has 0 unspecified atom stereocenters. The van der Waals surface area contributed by atoms with E-state index in [0.717, 1.165) is 16.6 Å². The number of benzene rings is 2. The topological polar surface area (TPSA) is 112 Å². The number of allylic oxidation sites excluding steroid dienone is 1. The molecule has 9 nitrogen and oxygen atoms in total. The molecule has 1 atom stereocenters. The molecule has 0 saturated heterocycles. The van der Waals surface area contributed by atoms with Crippen molar-refractivity contribution in [2.75, 3.05) is 6.61 Å². The van der Waals surface area contributed by atoms with Gasteiger partial charge < -0.3 is 18.9 Å². The van der Waals surface area contributed by atoms with Crippen LogP contribution in [-0.4, -0.2) is 33.2 Å². The van der Waals surface area contributed by atoms with Crippen molar-refractivity contribution in [1.82, 2.24) is 14.5 Å². The fourth-order valence-electron chi connectivity index (χ4n) is 4.78. The number of carbonyl (C=O) groups is 1. The van der Waals surface area contributed by atoms with Gasteiger partial charge in [-0.25, -0.2) is 14.8 Å². The van der Waals surface area contributed by atoms with E-state index in [1.165, 1.54) is 23.1 Å². The van der Waals surface area contributed by atoms with Crippen molar-refractivity contribution < 1.29 is 18.7 Å². The molecule has 2 aromatic carbocycles. The summed E-state index contributed by atoms with van der Waals surface area (Å²) in [6.45, 7) is 7.63. The van der Waals surface area contributed by atoms with Crippen molar-refractivity contribution in [3.05, 3.63) is 103 Å². The van der Waals surface area contributed by atoms with Gasteiger partial charge >= 0.3 is 5.97 Å². The molecule has 1 aliphatic rings. The van der Waals surface area contributed by atoms with Gasteiger partial charge in [-0.2, -0.15) is 0 Å². The summed E-state index contributed by atoms with van der Waals surface area (Å²) in [5.41, 5.74) is 3.14. The lowest BCUT2D eigenvalue weighted by Gasteiger charge is -2.25. The van der Waals surface area contributed by atoms with Gasteiger partial charge in [0.25, 0.3) is 5.56 Å². The van der Waals surface area contributed by atoms with Gasteiger partial charge in [0, 0.05) is 6.08 Å². The molecule has 0 radical (unpaired) electrons. The van der Waals surface area contributed by atoms with Crippen LogP contribution >= 0.6 is 23.1 Å². The number of hydrogen-bond acceptors (Lipinski definition) is 9. The van der Waals surface area contributed by atoms with Crippen LogP contribution in [0, 0.1) is 0 Å². The Bertz CT molecular complexity index is 1960. The molecule has 214 valence electrons. The molecule has 42 heavy (non-hydrogen) atoms. The van der Waals surface area contributed by atoms with E-state index >= 15 is 0 Å². The fourth-order valence-corrected chi connectivity index (χ4v) is 6.57. The standard InChI is InChI=1S/C31H28N4O5S2/c1-5-38-29(37)26-18(4)32-31-35(27(26)19-10-12-20(13-11-19)39-17(2)3)28(36)24(41-31)16-21-14-15-25(40-21)42-30-33-22-8-6-7-9-23(22)34-30/h6-17,27H,5H2,1-4H3,(H,33,34)/b24-16+/t27-/m1/s1. The predicted molar refractivity (Wildman–Crippen MR) is 162 cm³/mol. The molecule has 1 N–H and O–H groups in total. The number of aromatic amines is 1. The molecule has 4 heterocycles. The molecule has 1 aliphatic heterocycles. The van der Waals surface area contributed by atoms with Crippen LogP contribution in [0.2, 0.25) is 0 Å². The number of para-hydroxylation sites is 2. The molecule has 6 rings (SSSR count). The first-order valence-electron chi connectivity index (χ1n) is 13.5. The van der Waals surface area contributed by atoms with Crippen LogP contribution in [0.4, 0.5) is 0 Å². The summed E-state index contributed by atoms with van der Waals surface area (Å²) in [5, 5.41) is 1.35. The lowest BCUT2D eigenvalue weighted by molar-refractivity contribution is -0.139. The Morgan fingerprint density at radius 3 is 2.69 bits per heavy atom. The summed E-state index contributed by atoms with van der Waals surface area (Å²) in [5.74, 6) is 0.722. The van der Waals surface area contributed by atoms with Crippen LogP contribution in [0.5, 0.6) is 5.75 Å². The number of rotatable bonds is 8. The number of carbonyl (C=O) groups excluding carboxylic acids is 1. The minimum absolute atomic E-state index is 0.0185. The Morgan fingerprint density at radius 1 is 1.17 bits per heavy atom. The maximum atomic E-state index is 13.9. The van der Waals surface area contributed by atoms with E-state index in [0.29, 0.717) is 42.4 Å². The number of thiazole rings is 1. The van der Waals surface area contributed by atoms with E-state index in [1.807, 2.05) is 74.5 Å². The van der Waals surface area contributed by atoms with E-state index in [4.69, 9.17) is 13.9 Å². The summed E-state index contributed by atoms with van der Waals surface area (Å²) in [4.78, 5) is 40.0. The van der Waals surface area contributed by atoms with Crippen LogP contribution in [0.1, 0.15) is 45.1 Å². The minimum atomic E-state index is -0.702. The number of furan rings is 1. The second-order valence-electron chi connectivity index (χ2n) is 9.86. The predicted octanol–water partition coefficient (Wildman–Crippen LogP) is 5.21. The number of esters is 1. The highest BCUT2D eigenvalue weighted by atomic mass is 32.2. The molecule has 11 heteroatoms. The van der Waals surface area contributed by atoms with Crippen molar-refractivity contribution >= 4 is 46.2 Å². The first kappa shape index (κ1) is 27.8. The third-order valence-corrected chi connectivity index (χ3v) is 8.32. The molecular weight excluding hydrogens is 572 g/mol. The van der Waals surface area contributed by atoms with Crippen LogP contribution in [-0.2, 0) is 9.53 Å². The van der Waals surface area contributed by atoms with Gasteiger partial charge in [-0.3, -0.25) is 9.36 Å². The SMILES string of the molecule is CCOC(=O)C1=C(C)N=c2s/c(=C/c3ccc(Sc4nc5ccccc5[nH]4)o3)c(=O)n2[C@@H]1c1ccc(OC(C)C)cc1. The molecule has 0 aliphatic carbocycles. The van der Waals surface area contributed by atoms with E-state index in [9.17, 15) is 9.59 Å². The second kappa shape index (κ2) is 11.5. The highest BCUT2D eigenvalue weighted by molar-refractivity contribution is 7.99. The van der Waals surface area contributed by atoms with Crippen molar-refractivity contribution in [3.8, 4) is 5.75 Å². The summed E-state index contributed by atoms with van der Waals surface area (Å²) < 4.78 is 19.2. The summed E-state index contributed by atoms with van der Waals surface area (Å²) in [6, 6.07) is 18.2. The molecular formula is C31H28N4O5S2. The number of nitrogens with one attached hydrogen (secondary N) is 1. The number of imidazole rings is 1. The van der Waals surface area contributed by atoms with Gasteiger partial charge in [-0.05, 0) is 81.4 Å². The van der Waals surface area contributed by atoms with Crippen molar-refractivity contribution in [2.45, 2.75) is 50.1 Å². The third-order valence-electron chi connectivity index (χ3n) is 6.53. The number of H-pyrrole nitrogens is 1. The quantitative estimate of drug-likeness (QED) is 0.244. The van der Waals surface area contributed by atoms with Crippen LogP contribution < -0.4 is 19.6 Å². The van der Waals surface area contributed by atoms with Gasteiger partial charge in [-0.15, -0.1) is 0 Å². The van der Waals surface area contributed by atoms with Crippen LogP contribution in [0.15, 0.2) is 96.4 Å². The van der Waals surface area contributed by atoms with Crippen LogP contribution in [0.25, 0.3) is 17.1 Å². The number of hydrogen-bond donors (Lipinski definition) is 1. The molecule has 0 amide bonds. The van der Waals surface area contributed by atoms with Crippen molar-refractivity contribution in [3.63, 3.8) is 0 Å². The summed E-state index contributed by atoms with van der Waals surface area (Å²) in [6.07, 6.45) is 1.72. The Balaban J connectivity index is 1.37. The number of nitrogens with zero attached hydrogens (tertiary/aromatic N) is 3. The molecule has 0 bridgehead atoms. The van der Waals surface area contributed by atoms with Crippen LogP contribution in [0.3, 0.4) is 0 Å². The highest BCUT2D eigenvalue weighted by Crippen LogP contribution is 2.32. The molecule has 0 spiro atoms. The molecule has 5 aromatic rings. The number of fused-ring (bicyclic) bond motifs is 2. The average Bonchev–Trinajstić information content (AvgIpc) is 3.65. The van der Waals surface area contributed by atoms with E-state index in [1.54, 1.807) is 24.5 Å². The Labute approximate surface area is 249 Å². The van der Waals surface area contributed by atoms with Gasteiger partial charge in [-0.1, -0.05) is 35.6 Å². The fraction of sp³-hybridized carbons (Fsp3) is 0.226. The highest BCUT2D eigenvalue weighted by Gasteiger charge is 2.33. The number of aromatic nitrogens is 3. The molecule has 0 fully saturated rings. The van der Waals surface area contributed by atoms with Crippen molar-refractivity contribution in [1.29, 1.82) is 0 Å². The normalized spacial score (nSPS) is 15.3. The van der Waals surface area contributed by atoms with Gasteiger partial charge in [0.05, 0.1) is 45.6 Å². The largest absolute Gasteiger partial charge is 0.491 e. The van der Waals surface area contributed by atoms with E-state index < -0.39 is 12.0 Å². The maximum absolute atomic E-state index is 13.9. The zero-order chi connectivity index (χ0) is 29.4. The zero-order valence-corrected chi connectivity index (χ0v) is 25.0. The molecule has 0 saturated carbocycles. The average molecular weight is 601 g/mol. The Kier molecular flexibility index (Phi) is 7.61. The van der Waals surface area contributed by atoms with Gasteiger partial charge in [0.1, 0.15) is 11.5 Å². The third kappa shape index (κ3) is 5.45. The summed E-state index contributed by atoms with van der Waals surface area (Å²) in [7, 11) is 0. The number of ether oxygens (including phenoxy) is 2. The Morgan fingerprint density at radius 2 is 1.95 bits per heavy atom. The van der Waals surface area contributed by atoms with E-state index in [2.05, 4.69) is 15.0 Å².